The number of hydrogen-bond donors (Lipinski definition) is 2. The highest BCUT2D eigenvalue weighted by Crippen LogP contribution is 2.18. The van der Waals surface area contributed by atoms with E-state index in [2.05, 4.69) is 15.7 Å². The van der Waals surface area contributed by atoms with Crippen molar-refractivity contribution in [3.8, 4) is 5.69 Å². The normalized spacial score (nSPS) is 10.7. The first-order chi connectivity index (χ1) is 15.5. The molecule has 32 heavy (non-hydrogen) atoms. The van der Waals surface area contributed by atoms with Gasteiger partial charge < -0.3 is 10.6 Å². The lowest BCUT2D eigenvalue weighted by molar-refractivity contribution is -0.115. The van der Waals surface area contributed by atoms with E-state index in [0.29, 0.717) is 22.1 Å². The number of anilines is 1. The molecule has 2 N–H and O–H groups in total. The quantitative estimate of drug-likeness (QED) is 0.512. The molecule has 4 rings (SSSR count). The summed E-state index contributed by atoms with van der Waals surface area (Å²) in [6.07, 6.45) is 0. The molecule has 0 unspecified atom stereocenters. The second-order valence-electron chi connectivity index (χ2n) is 7.43. The number of carbonyl (C=O) groups excluding carboxylic acids is 2. The van der Waals surface area contributed by atoms with Crippen molar-refractivity contribution in [3.63, 3.8) is 0 Å². The van der Waals surface area contributed by atoms with Crippen molar-refractivity contribution in [2.45, 2.75) is 13.8 Å². The molecule has 0 spiro atoms. The molecule has 0 aliphatic rings. The molecule has 7 heteroatoms. The molecule has 2 amide bonds. The maximum absolute atomic E-state index is 13.0. The first kappa shape index (κ1) is 21.0. The summed E-state index contributed by atoms with van der Waals surface area (Å²) >= 11 is 0. The highest BCUT2D eigenvalue weighted by Gasteiger charge is 2.18. The molecule has 0 fully saturated rings. The van der Waals surface area contributed by atoms with Crippen molar-refractivity contribution in [2.24, 2.45) is 0 Å². The highest BCUT2D eigenvalue weighted by atomic mass is 16.2. The van der Waals surface area contributed by atoms with Crippen LogP contribution in [0.2, 0.25) is 0 Å². The first-order valence-electron chi connectivity index (χ1n) is 10.2. The van der Waals surface area contributed by atoms with Crippen molar-refractivity contribution in [1.82, 2.24) is 15.1 Å². The lowest BCUT2D eigenvalue weighted by atomic mass is 10.1. The van der Waals surface area contributed by atoms with Crippen LogP contribution in [0.4, 0.5) is 5.69 Å². The van der Waals surface area contributed by atoms with Crippen molar-refractivity contribution in [3.05, 3.63) is 100.0 Å². The van der Waals surface area contributed by atoms with E-state index >= 15 is 0 Å². The van der Waals surface area contributed by atoms with Gasteiger partial charge in [0.2, 0.25) is 5.91 Å². The van der Waals surface area contributed by atoms with Gasteiger partial charge in [-0.1, -0.05) is 48.5 Å². The maximum Gasteiger partial charge on any atom is 0.279 e. The van der Waals surface area contributed by atoms with E-state index < -0.39 is 5.91 Å². The van der Waals surface area contributed by atoms with Gasteiger partial charge >= 0.3 is 0 Å². The summed E-state index contributed by atoms with van der Waals surface area (Å²) in [6, 6.07) is 21.3. The fourth-order valence-corrected chi connectivity index (χ4v) is 3.43. The average molecular weight is 426 g/mol. The van der Waals surface area contributed by atoms with Gasteiger partial charge in [-0.3, -0.25) is 14.4 Å². The molecule has 0 aliphatic heterocycles. The summed E-state index contributed by atoms with van der Waals surface area (Å²) in [5.74, 6) is -0.894. The minimum Gasteiger partial charge on any atom is -0.342 e. The smallest absolute Gasteiger partial charge is 0.279 e. The van der Waals surface area contributed by atoms with Gasteiger partial charge in [0.05, 0.1) is 17.6 Å². The fraction of sp³-hybridized carbons (Fsp3) is 0.120. The minimum absolute atomic E-state index is 0.0728. The van der Waals surface area contributed by atoms with Crippen LogP contribution < -0.4 is 16.2 Å². The predicted octanol–water partition coefficient (Wildman–Crippen LogP) is 3.37. The van der Waals surface area contributed by atoms with Crippen LogP contribution in [0.1, 0.15) is 21.6 Å². The van der Waals surface area contributed by atoms with Gasteiger partial charge in [0, 0.05) is 11.1 Å². The number of carbonyl (C=O) groups is 2. The Morgan fingerprint density at radius 1 is 0.875 bits per heavy atom. The van der Waals surface area contributed by atoms with Crippen LogP contribution in [0.3, 0.4) is 0 Å². The van der Waals surface area contributed by atoms with Gasteiger partial charge in [-0.15, -0.1) is 0 Å². The zero-order chi connectivity index (χ0) is 22.7. The number of aromatic nitrogens is 2. The molecule has 0 radical (unpaired) electrons. The molecular weight excluding hydrogens is 404 g/mol. The van der Waals surface area contributed by atoms with Gasteiger partial charge in [-0.25, -0.2) is 0 Å². The lowest BCUT2D eigenvalue weighted by Gasteiger charge is -2.12. The van der Waals surface area contributed by atoms with Crippen LogP contribution >= 0.6 is 0 Å². The Morgan fingerprint density at radius 3 is 2.31 bits per heavy atom. The number of hydrogen-bond acceptors (Lipinski definition) is 4. The van der Waals surface area contributed by atoms with E-state index in [0.717, 1.165) is 11.1 Å². The standard InChI is InChI=1S/C25H22N4O3/c1-16-9-8-14-21(17(16)2)27-22(30)15-26-24(31)23-19-12-6-7-13-20(19)25(32)29(28-23)18-10-4-3-5-11-18/h3-14H,15H2,1-2H3,(H,26,31)(H,27,30). The summed E-state index contributed by atoms with van der Waals surface area (Å²) in [4.78, 5) is 38.3. The van der Waals surface area contributed by atoms with Crippen molar-refractivity contribution < 1.29 is 9.59 Å². The maximum atomic E-state index is 13.0. The molecular formula is C25H22N4O3. The number of nitrogens with one attached hydrogen (secondary N) is 2. The Morgan fingerprint density at radius 2 is 1.56 bits per heavy atom. The van der Waals surface area contributed by atoms with Crippen molar-refractivity contribution in [2.75, 3.05) is 11.9 Å². The lowest BCUT2D eigenvalue weighted by Crippen LogP contribution is -2.35. The molecule has 4 aromatic rings. The molecule has 3 aromatic carbocycles. The van der Waals surface area contributed by atoms with Gasteiger partial charge in [0.15, 0.2) is 5.69 Å². The number of para-hydroxylation sites is 1. The third-order valence-corrected chi connectivity index (χ3v) is 5.31. The molecule has 0 saturated carbocycles. The zero-order valence-electron chi connectivity index (χ0n) is 17.8. The van der Waals surface area contributed by atoms with Crippen LogP contribution in [0.5, 0.6) is 0 Å². The molecule has 7 nitrogen and oxygen atoms in total. The number of aryl methyl sites for hydroxylation is 1. The average Bonchev–Trinajstić information content (AvgIpc) is 2.81. The molecule has 0 atom stereocenters. The summed E-state index contributed by atoms with van der Waals surface area (Å²) in [5.41, 5.74) is 3.02. The number of rotatable bonds is 5. The Bertz CT molecular complexity index is 1380. The number of amides is 2. The van der Waals surface area contributed by atoms with Crippen LogP contribution in [0.25, 0.3) is 16.5 Å². The largest absolute Gasteiger partial charge is 0.342 e. The number of fused-ring (bicyclic) bond motifs is 1. The van der Waals surface area contributed by atoms with E-state index in [1.165, 1.54) is 4.68 Å². The van der Waals surface area contributed by atoms with Crippen molar-refractivity contribution >= 4 is 28.3 Å². The van der Waals surface area contributed by atoms with E-state index in [-0.39, 0.29) is 23.7 Å². The Labute approximate surface area is 184 Å². The fourth-order valence-electron chi connectivity index (χ4n) is 3.43. The summed E-state index contributed by atoms with van der Waals surface area (Å²) in [5, 5.41) is 10.5. The van der Waals surface area contributed by atoms with Gasteiger partial charge in [0.25, 0.3) is 11.5 Å². The topological polar surface area (TPSA) is 93.1 Å². The van der Waals surface area contributed by atoms with Crippen LogP contribution in [0, 0.1) is 13.8 Å². The first-order valence-corrected chi connectivity index (χ1v) is 10.2. The SMILES string of the molecule is Cc1cccc(NC(=O)CNC(=O)c2nn(-c3ccccc3)c(=O)c3ccccc23)c1C. The number of benzene rings is 3. The zero-order valence-corrected chi connectivity index (χ0v) is 17.8. The molecule has 1 heterocycles. The summed E-state index contributed by atoms with van der Waals surface area (Å²) in [7, 11) is 0. The monoisotopic (exact) mass is 426 g/mol. The van der Waals surface area contributed by atoms with Crippen LogP contribution in [0.15, 0.2) is 77.6 Å². The molecule has 1 aromatic heterocycles. The van der Waals surface area contributed by atoms with Crippen LogP contribution in [-0.4, -0.2) is 28.1 Å². The van der Waals surface area contributed by atoms with Crippen molar-refractivity contribution in [1.29, 1.82) is 0 Å². The van der Waals surface area contributed by atoms with E-state index in [1.54, 1.807) is 48.5 Å². The van der Waals surface area contributed by atoms with Crippen LogP contribution in [-0.2, 0) is 4.79 Å². The molecule has 0 bridgehead atoms. The van der Waals surface area contributed by atoms with Gasteiger partial charge in [-0.05, 0) is 49.2 Å². The van der Waals surface area contributed by atoms with E-state index in [1.807, 2.05) is 38.1 Å². The van der Waals surface area contributed by atoms with Gasteiger partial charge in [0.1, 0.15) is 0 Å². The highest BCUT2D eigenvalue weighted by molar-refractivity contribution is 6.06. The minimum atomic E-state index is -0.540. The van der Waals surface area contributed by atoms with Gasteiger partial charge in [-0.2, -0.15) is 9.78 Å². The Kier molecular flexibility index (Phi) is 5.81. The van der Waals surface area contributed by atoms with E-state index in [9.17, 15) is 14.4 Å². The third-order valence-electron chi connectivity index (χ3n) is 5.31. The summed E-state index contributed by atoms with van der Waals surface area (Å²) in [6.45, 7) is 3.66. The molecule has 0 aliphatic carbocycles. The Hall–Kier alpha value is -4.26. The second kappa shape index (κ2) is 8.85. The molecule has 0 saturated heterocycles. The molecule has 160 valence electrons. The number of nitrogens with zero attached hydrogens (tertiary/aromatic N) is 2. The third kappa shape index (κ3) is 4.13. The second-order valence-corrected chi connectivity index (χ2v) is 7.43. The Balaban J connectivity index is 1.61. The van der Waals surface area contributed by atoms with E-state index in [4.69, 9.17) is 0 Å². The predicted molar refractivity (Wildman–Crippen MR) is 124 cm³/mol. The summed E-state index contributed by atoms with van der Waals surface area (Å²) < 4.78 is 1.20.